The molecule has 4 fully saturated rings. The second-order valence-corrected chi connectivity index (χ2v) is 15.5. The molecule has 6 unspecified atom stereocenters. The maximum Gasteiger partial charge on any atom is 0.339 e. The topological polar surface area (TPSA) is 112 Å². The lowest BCUT2D eigenvalue weighted by Gasteiger charge is -2.64. The van der Waals surface area contributed by atoms with Gasteiger partial charge in [-0.3, -0.25) is 5.21 Å². The Hall–Kier alpha value is -3.07. The molecule has 44 heavy (non-hydrogen) atoms. The molecule has 0 aromatic heterocycles. The van der Waals surface area contributed by atoms with Gasteiger partial charge in [0.2, 0.25) is 6.79 Å². The molecule has 2 N–H and O–H groups in total. The first-order chi connectivity index (χ1) is 21.0. The third-order valence-corrected chi connectivity index (χ3v) is 12.9. The van der Waals surface area contributed by atoms with Crippen molar-refractivity contribution in [3.63, 3.8) is 0 Å². The highest BCUT2D eigenvalue weighted by Gasteiger charge is 2.67. The number of fused-ring (bicyclic) bond motifs is 8. The van der Waals surface area contributed by atoms with Crippen LogP contribution >= 0.6 is 0 Å². The fourth-order valence-corrected chi connectivity index (χ4v) is 11.3. The summed E-state index contributed by atoms with van der Waals surface area (Å²) in [5.74, 6) is 1.50. The molecular formula is C36H42NO7-. The zero-order chi connectivity index (χ0) is 30.6. The lowest BCUT2D eigenvalue weighted by molar-refractivity contribution is -0.145. The molecule has 2 bridgehead atoms. The normalized spacial score (nSPS) is 34.9. The quantitative estimate of drug-likeness (QED) is 0.178. The second-order valence-electron chi connectivity index (χ2n) is 15.5. The van der Waals surface area contributed by atoms with E-state index in [4.69, 9.17) is 14.2 Å². The second kappa shape index (κ2) is 9.47. The third-order valence-electron chi connectivity index (χ3n) is 12.9. The van der Waals surface area contributed by atoms with Gasteiger partial charge in [0.05, 0.1) is 11.3 Å². The molecule has 234 valence electrons. The third kappa shape index (κ3) is 3.89. The molecule has 5 aliphatic rings. The minimum Gasteiger partial charge on any atom is -0.733 e. The fraction of sp³-hybridized carbons (Fsp3) is 0.583. The Bertz CT molecular complexity index is 1680. The monoisotopic (exact) mass is 600 g/mol. The maximum absolute atomic E-state index is 13.9. The summed E-state index contributed by atoms with van der Waals surface area (Å²) in [6.45, 7) is 7.33. The number of hydrogen-bond acceptors (Lipinski definition) is 8. The van der Waals surface area contributed by atoms with Crippen molar-refractivity contribution in [2.45, 2.75) is 84.2 Å². The van der Waals surface area contributed by atoms with Crippen molar-refractivity contribution in [1.29, 1.82) is 0 Å². The number of nitrogens with zero attached hydrogens (tertiary/aromatic N) is 1. The Kier molecular flexibility index (Phi) is 6.12. The minimum absolute atomic E-state index is 0.0245. The predicted octanol–water partition coefficient (Wildman–Crippen LogP) is 7.74. The van der Waals surface area contributed by atoms with E-state index in [1.54, 1.807) is 6.07 Å². The van der Waals surface area contributed by atoms with Crippen molar-refractivity contribution in [2.24, 2.45) is 34.0 Å². The molecule has 4 aliphatic carbocycles. The maximum atomic E-state index is 13.9. The van der Waals surface area contributed by atoms with E-state index in [0.717, 1.165) is 31.1 Å². The molecule has 8 nitrogen and oxygen atoms in total. The van der Waals surface area contributed by atoms with Crippen LogP contribution in [0.15, 0.2) is 36.4 Å². The highest BCUT2D eigenvalue weighted by Crippen LogP contribution is 2.73. The molecule has 8 heteroatoms. The van der Waals surface area contributed by atoms with Gasteiger partial charge in [0.25, 0.3) is 0 Å². The van der Waals surface area contributed by atoms with Gasteiger partial charge in [0.1, 0.15) is 12.2 Å². The first kappa shape index (κ1) is 28.4. The molecule has 3 aromatic rings. The highest BCUT2D eigenvalue weighted by atomic mass is 16.8. The average Bonchev–Trinajstić information content (AvgIpc) is 3.54. The van der Waals surface area contributed by atoms with Crippen molar-refractivity contribution in [3.8, 4) is 11.5 Å². The lowest BCUT2D eigenvalue weighted by atomic mass is 9.41. The zero-order valence-corrected chi connectivity index (χ0v) is 25.9. The Morgan fingerprint density at radius 2 is 1.86 bits per heavy atom. The molecule has 0 saturated heterocycles. The van der Waals surface area contributed by atoms with E-state index in [1.807, 2.05) is 24.3 Å². The summed E-state index contributed by atoms with van der Waals surface area (Å²) >= 11 is 0. The van der Waals surface area contributed by atoms with Gasteiger partial charge in [-0.15, -0.1) is 0 Å². The van der Waals surface area contributed by atoms with Crippen LogP contribution in [-0.4, -0.2) is 35.3 Å². The summed E-state index contributed by atoms with van der Waals surface area (Å²) in [6.07, 6.45) is 9.89. The van der Waals surface area contributed by atoms with Crippen molar-refractivity contribution in [3.05, 3.63) is 47.2 Å². The molecule has 3 aromatic carbocycles. The number of ether oxygens (including phenoxy) is 3. The average molecular weight is 601 g/mol. The Morgan fingerprint density at radius 3 is 2.68 bits per heavy atom. The van der Waals surface area contributed by atoms with E-state index in [2.05, 4.69) is 20.8 Å². The number of hydrogen-bond donors (Lipinski definition) is 2. The van der Waals surface area contributed by atoms with Crippen molar-refractivity contribution < 1.29 is 29.3 Å². The van der Waals surface area contributed by atoms with Crippen LogP contribution in [0.1, 0.15) is 88.9 Å². The van der Waals surface area contributed by atoms with Crippen LogP contribution in [0.25, 0.3) is 21.5 Å². The van der Waals surface area contributed by atoms with E-state index >= 15 is 0 Å². The van der Waals surface area contributed by atoms with Crippen LogP contribution in [0.4, 0.5) is 5.69 Å². The molecule has 0 radical (unpaired) electrons. The highest BCUT2D eigenvalue weighted by molar-refractivity contribution is 6.22. The van der Waals surface area contributed by atoms with E-state index in [9.17, 15) is 20.3 Å². The van der Waals surface area contributed by atoms with Crippen LogP contribution in [0.3, 0.4) is 0 Å². The summed E-state index contributed by atoms with van der Waals surface area (Å²) < 4.78 is 17.5. The van der Waals surface area contributed by atoms with Gasteiger partial charge in [-0.25, -0.2) is 4.79 Å². The molecule has 1 heterocycles. The summed E-state index contributed by atoms with van der Waals surface area (Å²) in [5, 5.41) is 36.8. The number of esters is 1. The van der Waals surface area contributed by atoms with Crippen LogP contribution in [0, 0.1) is 39.2 Å². The first-order valence-corrected chi connectivity index (χ1v) is 16.3. The Balaban J connectivity index is 1.12. The number of benzene rings is 3. The van der Waals surface area contributed by atoms with E-state index in [0.29, 0.717) is 45.9 Å². The SMILES string of the molecule is CC1(C)CCCC2(C)C1CCC13CC(CCC12)C(O)(COC(=O)c1cc2c(c4c1c(N([O-])O)cc1ccccc14)OCO2)C3. The van der Waals surface area contributed by atoms with Crippen LogP contribution in [-0.2, 0) is 4.74 Å². The molecule has 8 rings (SSSR count). The van der Waals surface area contributed by atoms with Gasteiger partial charge in [-0.05, 0) is 108 Å². The fourth-order valence-electron chi connectivity index (χ4n) is 11.3. The number of carbonyl (C=O) groups is 1. The van der Waals surface area contributed by atoms with Crippen LogP contribution in [0.5, 0.6) is 11.5 Å². The first-order valence-electron chi connectivity index (χ1n) is 16.3. The summed E-state index contributed by atoms with van der Waals surface area (Å²) in [5.41, 5.74) is -0.367. The van der Waals surface area contributed by atoms with Gasteiger partial charge in [0.15, 0.2) is 11.5 Å². The number of anilines is 1. The van der Waals surface area contributed by atoms with Crippen LogP contribution in [0.2, 0.25) is 0 Å². The Labute approximate surface area is 257 Å². The standard InChI is InChI=1S/C36H42NO7/c1-33(2)12-6-13-34(3)27(33)11-14-35-17-22(9-10-28(34)35)36(39,18-35)19-42-32(38)24-16-26-31(44-20-43-26)30-23-8-5-4-7-21(23)15-25(29(24)30)37(40)41/h4-5,7-8,15-16,22,27-28,39-40H,6,9-14,17-20H2,1-3H3/q-1. The van der Waals surface area contributed by atoms with E-state index < -0.39 is 11.6 Å². The van der Waals surface area contributed by atoms with Crippen molar-refractivity contribution in [1.82, 2.24) is 0 Å². The smallest absolute Gasteiger partial charge is 0.339 e. The van der Waals surface area contributed by atoms with Gasteiger partial charge in [-0.2, -0.15) is 0 Å². The summed E-state index contributed by atoms with van der Waals surface area (Å²) in [7, 11) is 0. The zero-order valence-electron chi connectivity index (χ0n) is 25.9. The summed E-state index contributed by atoms with van der Waals surface area (Å²) in [4.78, 5) is 13.9. The van der Waals surface area contributed by atoms with Crippen molar-refractivity contribution in [2.75, 3.05) is 18.6 Å². The summed E-state index contributed by atoms with van der Waals surface area (Å²) in [6, 6.07) is 10.5. The molecule has 6 atom stereocenters. The van der Waals surface area contributed by atoms with Gasteiger partial charge >= 0.3 is 5.97 Å². The largest absolute Gasteiger partial charge is 0.733 e. The van der Waals surface area contributed by atoms with E-state index in [1.165, 1.54) is 31.7 Å². The Morgan fingerprint density at radius 1 is 1.05 bits per heavy atom. The van der Waals surface area contributed by atoms with Crippen molar-refractivity contribution >= 4 is 33.2 Å². The van der Waals surface area contributed by atoms with Gasteiger partial charge < -0.3 is 29.8 Å². The minimum atomic E-state index is -1.10. The van der Waals surface area contributed by atoms with Gasteiger partial charge in [0, 0.05) is 10.8 Å². The molecular weight excluding hydrogens is 558 g/mol. The number of rotatable bonds is 4. The predicted molar refractivity (Wildman–Crippen MR) is 167 cm³/mol. The number of carbonyl (C=O) groups excluding carboxylic acids is 1. The lowest BCUT2D eigenvalue weighted by Crippen LogP contribution is -2.55. The number of aliphatic hydroxyl groups is 1. The van der Waals surface area contributed by atoms with Crippen LogP contribution < -0.4 is 14.7 Å². The molecule has 1 spiro atoms. The molecule has 0 amide bonds. The van der Waals surface area contributed by atoms with Gasteiger partial charge in [-0.1, -0.05) is 51.5 Å². The van der Waals surface area contributed by atoms with E-state index in [-0.39, 0.29) is 52.0 Å². The molecule has 4 saturated carbocycles. The molecule has 1 aliphatic heterocycles.